The molecule has 0 aromatic heterocycles. The Balaban J connectivity index is 0.000000160. The maximum Gasteiger partial charge on any atom is 0.0154 e. The molecule has 2 aromatic rings. The highest BCUT2D eigenvalue weighted by Gasteiger charge is 1.81. The number of hydrogen-bond acceptors (Lipinski definition) is 2. The summed E-state index contributed by atoms with van der Waals surface area (Å²) in [5.74, 6) is 1.67. The quantitative estimate of drug-likeness (QED) is 0.730. The fraction of sp³-hybridized carbons (Fsp3) is 0.143. The van der Waals surface area contributed by atoms with E-state index in [1.165, 1.54) is 11.1 Å². The van der Waals surface area contributed by atoms with Crippen LogP contribution in [0.15, 0.2) is 60.7 Å². The fourth-order valence-electron chi connectivity index (χ4n) is 1.17. The summed E-state index contributed by atoms with van der Waals surface area (Å²) in [6, 6.07) is 20.3. The minimum atomic E-state index is 0.834. The van der Waals surface area contributed by atoms with E-state index < -0.39 is 0 Å². The molecule has 0 unspecified atom stereocenters. The molecule has 0 amide bonds. The molecule has 0 bridgehead atoms. The van der Waals surface area contributed by atoms with Gasteiger partial charge < -0.3 is 0 Å². The summed E-state index contributed by atoms with van der Waals surface area (Å²) in [6.45, 7) is 0. The highest BCUT2D eigenvalue weighted by Crippen LogP contribution is 2.00. The Labute approximate surface area is 109 Å². The Kier molecular flexibility index (Phi) is 6.86. The van der Waals surface area contributed by atoms with Gasteiger partial charge in [-0.15, -0.1) is 0 Å². The monoisotopic (exact) mass is 248 g/mol. The van der Waals surface area contributed by atoms with Crippen LogP contribution in [0, 0.1) is 0 Å². The van der Waals surface area contributed by atoms with Crippen LogP contribution in [0.4, 0.5) is 0 Å². The van der Waals surface area contributed by atoms with Crippen LogP contribution in [0.25, 0.3) is 0 Å². The molecule has 84 valence electrons. The normalized spacial score (nSPS) is 9.12. The van der Waals surface area contributed by atoms with Gasteiger partial charge in [0.15, 0.2) is 0 Å². The molecule has 0 fully saturated rings. The second-order valence-corrected chi connectivity index (χ2v) is 3.92. The molecule has 2 rings (SSSR count). The van der Waals surface area contributed by atoms with Gasteiger partial charge in [-0.05, 0) is 11.1 Å². The highest BCUT2D eigenvalue weighted by molar-refractivity contribution is 7.79. The van der Waals surface area contributed by atoms with Crippen molar-refractivity contribution in [3.8, 4) is 0 Å². The van der Waals surface area contributed by atoms with E-state index in [2.05, 4.69) is 49.5 Å². The topological polar surface area (TPSA) is 0 Å². The molecule has 0 nitrogen and oxygen atoms in total. The van der Waals surface area contributed by atoms with Crippen LogP contribution in [0.2, 0.25) is 0 Å². The van der Waals surface area contributed by atoms with E-state index in [1.807, 2.05) is 36.4 Å². The van der Waals surface area contributed by atoms with Crippen LogP contribution in [0.3, 0.4) is 0 Å². The van der Waals surface area contributed by atoms with Crippen LogP contribution in [-0.2, 0) is 11.5 Å². The van der Waals surface area contributed by atoms with Gasteiger partial charge in [0.1, 0.15) is 0 Å². The lowest BCUT2D eigenvalue weighted by Crippen LogP contribution is -1.71. The van der Waals surface area contributed by atoms with Gasteiger partial charge in [-0.3, -0.25) is 0 Å². The number of hydrogen-bond donors (Lipinski definition) is 2. The first-order valence-corrected chi connectivity index (χ1v) is 6.43. The van der Waals surface area contributed by atoms with Crippen LogP contribution in [-0.4, -0.2) is 0 Å². The van der Waals surface area contributed by atoms with Crippen molar-refractivity contribution in [1.82, 2.24) is 0 Å². The molecule has 2 aromatic carbocycles. The number of benzene rings is 2. The molecule has 0 aliphatic rings. The van der Waals surface area contributed by atoms with Crippen molar-refractivity contribution in [2.45, 2.75) is 11.5 Å². The summed E-state index contributed by atoms with van der Waals surface area (Å²) in [5, 5.41) is 0. The van der Waals surface area contributed by atoms with Gasteiger partial charge in [0.25, 0.3) is 0 Å². The Hall–Kier alpha value is -0.860. The Bertz CT molecular complexity index is 331. The zero-order valence-corrected chi connectivity index (χ0v) is 10.9. The average Bonchev–Trinajstić information content (AvgIpc) is 2.41. The Morgan fingerprint density at radius 2 is 0.875 bits per heavy atom. The van der Waals surface area contributed by atoms with E-state index >= 15 is 0 Å². The van der Waals surface area contributed by atoms with Gasteiger partial charge in [-0.2, -0.15) is 25.3 Å². The van der Waals surface area contributed by atoms with Gasteiger partial charge in [0.05, 0.1) is 0 Å². The third-order valence-corrected chi connectivity index (χ3v) is 2.78. The summed E-state index contributed by atoms with van der Waals surface area (Å²) in [6.07, 6.45) is 0. The SMILES string of the molecule is SCc1ccccc1.SCc1ccccc1. The van der Waals surface area contributed by atoms with E-state index in [-0.39, 0.29) is 0 Å². The largest absolute Gasteiger partial charge is 0.175 e. The van der Waals surface area contributed by atoms with Gasteiger partial charge in [-0.1, -0.05) is 60.7 Å². The Morgan fingerprint density at radius 1 is 0.562 bits per heavy atom. The van der Waals surface area contributed by atoms with Crippen LogP contribution in [0.1, 0.15) is 11.1 Å². The van der Waals surface area contributed by atoms with Crippen molar-refractivity contribution >= 4 is 25.3 Å². The first-order valence-electron chi connectivity index (χ1n) is 5.16. The van der Waals surface area contributed by atoms with Crippen molar-refractivity contribution in [2.24, 2.45) is 0 Å². The van der Waals surface area contributed by atoms with Crippen molar-refractivity contribution in [3.05, 3.63) is 71.8 Å². The molecule has 0 saturated heterocycles. The predicted molar refractivity (Wildman–Crippen MR) is 78.3 cm³/mol. The third-order valence-electron chi connectivity index (χ3n) is 2.05. The van der Waals surface area contributed by atoms with Crippen molar-refractivity contribution in [2.75, 3.05) is 0 Å². The maximum atomic E-state index is 4.11. The molecule has 0 spiro atoms. The molecule has 2 heteroatoms. The molecule has 0 N–H and O–H groups in total. The number of rotatable bonds is 2. The van der Waals surface area contributed by atoms with Gasteiger partial charge in [0, 0.05) is 11.5 Å². The minimum absolute atomic E-state index is 0.834. The van der Waals surface area contributed by atoms with Gasteiger partial charge >= 0.3 is 0 Å². The van der Waals surface area contributed by atoms with Crippen molar-refractivity contribution in [1.29, 1.82) is 0 Å². The lowest BCUT2D eigenvalue weighted by atomic mass is 10.2. The maximum absolute atomic E-state index is 4.11. The van der Waals surface area contributed by atoms with E-state index in [0.29, 0.717) is 0 Å². The minimum Gasteiger partial charge on any atom is -0.175 e. The lowest BCUT2D eigenvalue weighted by Gasteiger charge is -1.89. The van der Waals surface area contributed by atoms with E-state index in [0.717, 1.165) is 11.5 Å². The average molecular weight is 248 g/mol. The summed E-state index contributed by atoms with van der Waals surface area (Å²) in [5.41, 5.74) is 2.55. The second kappa shape index (κ2) is 8.31. The molecule has 0 aliphatic carbocycles. The molecule has 0 saturated carbocycles. The molecule has 0 radical (unpaired) electrons. The van der Waals surface area contributed by atoms with Gasteiger partial charge in [-0.25, -0.2) is 0 Å². The van der Waals surface area contributed by atoms with E-state index in [1.54, 1.807) is 0 Å². The number of thiol groups is 2. The smallest absolute Gasteiger partial charge is 0.0154 e. The summed E-state index contributed by atoms with van der Waals surface area (Å²) >= 11 is 8.22. The summed E-state index contributed by atoms with van der Waals surface area (Å²) in [7, 11) is 0. The van der Waals surface area contributed by atoms with Gasteiger partial charge in [0.2, 0.25) is 0 Å². The predicted octanol–water partition coefficient (Wildman–Crippen LogP) is 4.23. The zero-order valence-electron chi connectivity index (χ0n) is 9.08. The lowest BCUT2D eigenvalue weighted by molar-refractivity contribution is 1.43. The van der Waals surface area contributed by atoms with Crippen molar-refractivity contribution < 1.29 is 0 Å². The van der Waals surface area contributed by atoms with Crippen LogP contribution < -0.4 is 0 Å². The van der Waals surface area contributed by atoms with Crippen LogP contribution in [0.5, 0.6) is 0 Å². The van der Waals surface area contributed by atoms with Crippen molar-refractivity contribution in [3.63, 3.8) is 0 Å². The molecule has 0 atom stereocenters. The standard InChI is InChI=1S/2C7H8S/c2*8-6-7-4-2-1-3-5-7/h2*1-5,8H,6H2. The molecule has 16 heavy (non-hydrogen) atoms. The Morgan fingerprint density at radius 3 is 1.06 bits per heavy atom. The summed E-state index contributed by atoms with van der Waals surface area (Å²) in [4.78, 5) is 0. The second-order valence-electron chi connectivity index (χ2n) is 3.29. The molecular weight excluding hydrogens is 232 g/mol. The molecule has 0 heterocycles. The zero-order chi connectivity index (χ0) is 11.6. The van der Waals surface area contributed by atoms with E-state index in [4.69, 9.17) is 0 Å². The first kappa shape index (κ1) is 13.2. The molecular formula is C14H16S2. The van der Waals surface area contributed by atoms with Crippen LogP contribution >= 0.6 is 25.3 Å². The summed E-state index contributed by atoms with van der Waals surface area (Å²) < 4.78 is 0. The first-order chi connectivity index (χ1) is 7.86. The third kappa shape index (κ3) is 5.29. The van der Waals surface area contributed by atoms with E-state index in [9.17, 15) is 0 Å². The highest BCUT2D eigenvalue weighted by atomic mass is 32.1. The molecule has 0 aliphatic heterocycles. The fourth-order valence-corrected chi connectivity index (χ4v) is 1.59.